The van der Waals surface area contributed by atoms with Gasteiger partial charge in [0.1, 0.15) is 21.5 Å². The van der Waals surface area contributed by atoms with Crippen molar-refractivity contribution in [1.29, 1.82) is 0 Å². The van der Waals surface area contributed by atoms with Gasteiger partial charge in [0.25, 0.3) is 5.91 Å². The average Bonchev–Trinajstić information content (AvgIpc) is 3.25. The summed E-state index contributed by atoms with van der Waals surface area (Å²) in [6, 6.07) is 11.5. The van der Waals surface area contributed by atoms with Gasteiger partial charge in [-0.1, -0.05) is 11.3 Å². The lowest BCUT2D eigenvalue weighted by Crippen LogP contribution is -2.26. The van der Waals surface area contributed by atoms with Gasteiger partial charge in [0.15, 0.2) is 0 Å². The molecule has 3 heterocycles. The van der Waals surface area contributed by atoms with Gasteiger partial charge >= 0.3 is 0 Å². The van der Waals surface area contributed by atoms with E-state index >= 15 is 0 Å². The monoisotopic (exact) mass is 325 g/mol. The van der Waals surface area contributed by atoms with Crippen LogP contribution in [-0.4, -0.2) is 28.6 Å². The number of rotatable bonds is 3. The molecule has 1 fully saturated rings. The zero-order valence-electron chi connectivity index (χ0n) is 12.4. The predicted molar refractivity (Wildman–Crippen MR) is 90.5 cm³/mol. The molecule has 0 bridgehead atoms. The second kappa shape index (κ2) is 6.06. The van der Waals surface area contributed by atoms with Crippen LogP contribution in [0.15, 0.2) is 42.6 Å². The van der Waals surface area contributed by atoms with E-state index in [1.54, 1.807) is 17.5 Å². The lowest BCUT2D eigenvalue weighted by Gasteiger charge is -2.10. The molecule has 116 valence electrons. The van der Waals surface area contributed by atoms with Crippen molar-refractivity contribution in [3.63, 3.8) is 0 Å². The molecule has 0 saturated carbocycles. The Labute approximate surface area is 137 Å². The molecule has 6 heteroatoms. The fourth-order valence-corrected chi connectivity index (χ4v) is 3.51. The number of aromatic nitrogens is 2. The summed E-state index contributed by atoms with van der Waals surface area (Å²) in [5, 5.41) is 3.82. The van der Waals surface area contributed by atoms with Gasteiger partial charge in [-0.05, 0) is 49.2 Å². The maximum absolute atomic E-state index is 12.0. The normalized spacial score (nSPS) is 17.5. The van der Waals surface area contributed by atoms with E-state index in [-0.39, 0.29) is 12.0 Å². The summed E-state index contributed by atoms with van der Waals surface area (Å²) < 4.78 is 5.39. The molecular weight excluding hydrogens is 310 g/mol. The van der Waals surface area contributed by atoms with Gasteiger partial charge in [0.2, 0.25) is 0 Å². The van der Waals surface area contributed by atoms with Crippen LogP contribution in [0.1, 0.15) is 12.8 Å². The van der Waals surface area contributed by atoms with Crippen LogP contribution in [0.5, 0.6) is 0 Å². The number of anilines is 1. The smallest absolute Gasteiger partial charge is 0.253 e. The van der Waals surface area contributed by atoms with Gasteiger partial charge in [0, 0.05) is 24.1 Å². The molecular formula is C17H15N3O2S. The molecule has 4 rings (SSSR count). The van der Waals surface area contributed by atoms with Gasteiger partial charge in [-0.2, -0.15) is 0 Å². The van der Waals surface area contributed by atoms with Gasteiger partial charge in [-0.15, -0.1) is 0 Å². The molecule has 1 atom stereocenters. The first-order chi connectivity index (χ1) is 11.3. The molecule has 1 saturated heterocycles. The number of ether oxygens (including phenoxy) is 1. The summed E-state index contributed by atoms with van der Waals surface area (Å²) >= 11 is 1.56. The van der Waals surface area contributed by atoms with E-state index in [1.165, 1.54) is 0 Å². The Bertz CT molecular complexity index is 805. The SMILES string of the molecule is O=C(Nc1ccc(-c2nc3cccnc3s2)cc1)[C@@H]1CCCO1. The average molecular weight is 325 g/mol. The van der Waals surface area contributed by atoms with E-state index in [0.29, 0.717) is 6.61 Å². The van der Waals surface area contributed by atoms with Crippen molar-refractivity contribution in [1.82, 2.24) is 9.97 Å². The molecule has 0 unspecified atom stereocenters. The van der Waals surface area contributed by atoms with Gasteiger partial charge in [-0.3, -0.25) is 4.79 Å². The lowest BCUT2D eigenvalue weighted by molar-refractivity contribution is -0.124. The highest BCUT2D eigenvalue weighted by Crippen LogP contribution is 2.29. The van der Waals surface area contributed by atoms with Gasteiger partial charge in [-0.25, -0.2) is 9.97 Å². The molecule has 2 aromatic heterocycles. The first kappa shape index (κ1) is 14.3. The number of hydrogen-bond donors (Lipinski definition) is 1. The van der Waals surface area contributed by atoms with Crippen LogP contribution in [0.4, 0.5) is 5.69 Å². The van der Waals surface area contributed by atoms with E-state index in [0.717, 1.165) is 39.4 Å². The van der Waals surface area contributed by atoms with Crippen molar-refractivity contribution in [2.45, 2.75) is 18.9 Å². The minimum absolute atomic E-state index is 0.0700. The van der Waals surface area contributed by atoms with Crippen LogP contribution in [0, 0.1) is 0 Å². The Hall–Kier alpha value is -2.31. The zero-order valence-corrected chi connectivity index (χ0v) is 13.2. The molecule has 0 radical (unpaired) electrons. The van der Waals surface area contributed by atoms with Crippen molar-refractivity contribution in [2.24, 2.45) is 0 Å². The first-order valence-electron chi connectivity index (χ1n) is 7.54. The van der Waals surface area contributed by atoms with Crippen molar-refractivity contribution in [2.75, 3.05) is 11.9 Å². The number of amides is 1. The summed E-state index contributed by atoms with van der Waals surface area (Å²) in [6.45, 7) is 0.669. The van der Waals surface area contributed by atoms with E-state index in [2.05, 4.69) is 15.3 Å². The third-order valence-corrected chi connectivity index (χ3v) is 4.82. The first-order valence-corrected chi connectivity index (χ1v) is 8.36. The number of thiazole rings is 1. The van der Waals surface area contributed by atoms with Crippen LogP contribution >= 0.6 is 11.3 Å². The minimum Gasteiger partial charge on any atom is -0.368 e. The van der Waals surface area contributed by atoms with E-state index in [1.807, 2.05) is 36.4 Å². The largest absolute Gasteiger partial charge is 0.368 e. The minimum atomic E-state index is -0.315. The summed E-state index contributed by atoms with van der Waals surface area (Å²) in [5.74, 6) is -0.0700. The molecule has 1 N–H and O–H groups in total. The number of nitrogens with zero attached hydrogens (tertiary/aromatic N) is 2. The molecule has 5 nitrogen and oxygen atoms in total. The fourth-order valence-electron chi connectivity index (χ4n) is 2.60. The fraction of sp³-hybridized carbons (Fsp3) is 0.235. The summed E-state index contributed by atoms with van der Waals surface area (Å²) in [6.07, 6.45) is 3.20. The standard InChI is InChI=1S/C17H15N3O2S/c21-15(14-4-2-10-22-14)19-12-7-5-11(6-8-12)16-20-13-3-1-9-18-17(13)23-16/h1,3,5-9,14H,2,4,10H2,(H,19,21)/t14-/m0/s1. The van der Waals surface area contributed by atoms with Gasteiger partial charge in [0.05, 0.1) is 0 Å². The maximum atomic E-state index is 12.0. The summed E-state index contributed by atoms with van der Waals surface area (Å²) in [4.78, 5) is 21.9. The van der Waals surface area contributed by atoms with Crippen LogP contribution in [0.25, 0.3) is 20.9 Å². The number of benzene rings is 1. The Morgan fingerprint density at radius 3 is 2.87 bits per heavy atom. The number of nitrogens with one attached hydrogen (secondary N) is 1. The highest BCUT2D eigenvalue weighted by molar-refractivity contribution is 7.21. The molecule has 1 aliphatic heterocycles. The Kier molecular flexibility index (Phi) is 3.77. The number of pyridine rings is 1. The Morgan fingerprint density at radius 1 is 1.26 bits per heavy atom. The molecule has 3 aromatic rings. The number of hydrogen-bond acceptors (Lipinski definition) is 5. The van der Waals surface area contributed by atoms with Crippen molar-refractivity contribution >= 4 is 33.3 Å². The van der Waals surface area contributed by atoms with E-state index in [4.69, 9.17) is 4.74 Å². The molecule has 0 aliphatic carbocycles. The van der Waals surface area contributed by atoms with E-state index in [9.17, 15) is 4.79 Å². The second-order valence-corrected chi connectivity index (χ2v) is 6.39. The summed E-state index contributed by atoms with van der Waals surface area (Å²) in [7, 11) is 0. The van der Waals surface area contributed by atoms with Crippen molar-refractivity contribution in [3.05, 3.63) is 42.6 Å². The maximum Gasteiger partial charge on any atom is 0.253 e. The Balaban J connectivity index is 1.52. The third kappa shape index (κ3) is 2.95. The molecule has 0 spiro atoms. The topological polar surface area (TPSA) is 64.1 Å². The second-order valence-electron chi connectivity index (χ2n) is 5.41. The Morgan fingerprint density at radius 2 is 2.13 bits per heavy atom. The van der Waals surface area contributed by atoms with Gasteiger partial charge < -0.3 is 10.1 Å². The molecule has 1 aliphatic rings. The summed E-state index contributed by atoms with van der Waals surface area (Å²) in [5.41, 5.74) is 2.69. The number of carbonyl (C=O) groups is 1. The highest BCUT2D eigenvalue weighted by Gasteiger charge is 2.23. The number of carbonyl (C=O) groups excluding carboxylic acids is 1. The molecule has 1 aromatic carbocycles. The van der Waals surface area contributed by atoms with Crippen LogP contribution in [-0.2, 0) is 9.53 Å². The molecule has 23 heavy (non-hydrogen) atoms. The van der Waals surface area contributed by atoms with E-state index < -0.39 is 0 Å². The number of fused-ring (bicyclic) bond motifs is 1. The highest BCUT2D eigenvalue weighted by atomic mass is 32.1. The lowest BCUT2D eigenvalue weighted by atomic mass is 10.2. The van der Waals surface area contributed by atoms with Crippen molar-refractivity contribution in [3.8, 4) is 10.6 Å². The predicted octanol–water partition coefficient (Wildman–Crippen LogP) is 3.48. The third-order valence-electron chi connectivity index (χ3n) is 3.79. The molecule has 1 amide bonds. The van der Waals surface area contributed by atoms with Crippen molar-refractivity contribution < 1.29 is 9.53 Å². The zero-order chi connectivity index (χ0) is 15.6. The van der Waals surface area contributed by atoms with Crippen LogP contribution < -0.4 is 5.32 Å². The quantitative estimate of drug-likeness (QED) is 0.801. The van der Waals surface area contributed by atoms with Crippen LogP contribution in [0.2, 0.25) is 0 Å². The van der Waals surface area contributed by atoms with Crippen LogP contribution in [0.3, 0.4) is 0 Å².